The second-order valence-corrected chi connectivity index (χ2v) is 9.29. The van der Waals surface area contributed by atoms with E-state index in [9.17, 15) is 14.4 Å². The van der Waals surface area contributed by atoms with Gasteiger partial charge in [-0.15, -0.1) is 0 Å². The summed E-state index contributed by atoms with van der Waals surface area (Å²) in [7, 11) is 0. The molecule has 0 saturated carbocycles. The van der Waals surface area contributed by atoms with Crippen LogP contribution in [0.25, 0.3) is 11.1 Å². The molecule has 188 valence electrons. The lowest BCUT2D eigenvalue weighted by atomic mass is 9.98. The number of aliphatic carboxylic acids is 1. The molecule has 2 aromatic rings. The van der Waals surface area contributed by atoms with E-state index < -0.39 is 12.1 Å². The zero-order valence-corrected chi connectivity index (χ0v) is 20.8. The van der Waals surface area contributed by atoms with Crippen molar-refractivity contribution >= 4 is 18.0 Å². The van der Waals surface area contributed by atoms with Crippen LogP contribution in [-0.4, -0.2) is 53.2 Å². The van der Waals surface area contributed by atoms with E-state index >= 15 is 0 Å². The molecular formula is C28H36N2O5. The molecule has 0 heterocycles. The first-order chi connectivity index (χ1) is 16.8. The highest BCUT2D eigenvalue weighted by Gasteiger charge is 2.29. The summed E-state index contributed by atoms with van der Waals surface area (Å²) in [6, 6.07) is 16.2. The second kappa shape index (κ2) is 12.4. The number of benzene rings is 2. The number of carbonyl (C=O) groups excluding carboxylic acids is 2. The molecule has 0 saturated heterocycles. The van der Waals surface area contributed by atoms with Gasteiger partial charge in [0.2, 0.25) is 5.91 Å². The van der Waals surface area contributed by atoms with E-state index in [1.807, 2.05) is 45.0 Å². The van der Waals surface area contributed by atoms with Crippen LogP contribution in [0, 0.1) is 0 Å². The van der Waals surface area contributed by atoms with Gasteiger partial charge in [-0.2, -0.15) is 0 Å². The molecule has 1 atom stereocenters. The number of carbonyl (C=O) groups is 3. The van der Waals surface area contributed by atoms with Gasteiger partial charge in [-0.25, -0.2) is 4.79 Å². The van der Waals surface area contributed by atoms with Crippen molar-refractivity contribution < 1.29 is 24.2 Å². The van der Waals surface area contributed by atoms with Crippen molar-refractivity contribution in [2.75, 3.05) is 13.2 Å². The average molecular weight is 481 g/mol. The predicted molar refractivity (Wildman–Crippen MR) is 135 cm³/mol. The largest absolute Gasteiger partial charge is 0.481 e. The summed E-state index contributed by atoms with van der Waals surface area (Å²) in [5.41, 5.74) is 4.69. The number of nitrogens with zero attached hydrogens (tertiary/aromatic N) is 1. The van der Waals surface area contributed by atoms with Crippen molar-refractivity contribution in [1.82, 2.24) is 10.2 Å². The Bertz CT molecular complexity index is 990. The van der Waals surface area contributed by atoms with E-state index in [1.54, 1.807) is 4.90 Å². The SMILES string of the molecule is CCC(CCC(=O)N(CCCC(=O)O)C(C)C)NC(=O)OCC1c2ccccc2-c2ccccc21. The number of alkyl carbamates (subject to hydrolysis) is 1. The van der Waals surface area contributed by atoms with Crippen molar-refractivity contribution in [2.24, 2.45) is 0 Å². The van der Waals surface area contributed by atoms with E-state index in [1.165, 1.54) is 11.1 Å². The highest BCUT2D eigenvalue weighted by atomic mass is 16.5. The number of amides is 2. The number of hydrogen-bond donors (Lipinski definition) is 2. The minimum absolute atomic E-state index is 0.000191. The molecule has 0 aromatic heterocycles. The number of rotatable bonds is 12. The van der Waals surface area contributed by atoms with Gasteiger partial charge in [-0.3, -0.25) is 9.59 Å². The zero-order chi connectivity index (χ0) is 25.4. The van der Waals surface area contributed by atoms with Gasteiger partial charge < -0.3 is 20.1 Å². The predicted octanol–water partition coefficient (Wildman–Crippen LogP) is 5.19. The Hall–Kier alpha value is -3.35. The van der Waals surface area contributed by atoms with Crippen molar-refractivity contribution in [2.45, 2.75) is 70.9 Å². The van der Waals surface area contributed by atoms with Gasteiger partial charge in [0.05, 0.1) is 0 Å². The summed E-state index contributed by atoms with van der Waals surface area (Å²) in [5.74, 6) is -0.891. The third-order valence-electron chi connectivity index (χ3n) is 6.60. The molecule has 35 heavy (non-hydrogen) atoms. The molecule has 0 radical (unpaired) electrons. The lowest BCUT2D eigenvalue weighted by Crippen LogP contribution is -2.40. The van der Waals surface area contributed by atoms with Gasteiger partial charge >= 0.3 is 12.1 Å². The molecule has 1 aliphatic carbocycles. The van der Waals surface area contributed by atoms with Gasteiger partial charge in [0.25, 0.3) is 0 Å². The highest BCUT2D eigenvalue weighted by Crippen LogP contribution is 2.44. The molecule has 0 spiro atoms. The van der Waals surface area contributed by atoms with Gasteiger partial charge in [0.15, 0.2) is 0 Å². The molecule has 7 heteroatoms. The van der Waals surface area contributed by atoms with Gasteiger partial charge in [-0.1, -0.05) is 55.5 Å². The first-order valence-corrected chi connectivity index (χ1v) is 12.4. The van der Waals surface area contributed by atoms with Crippen molar-refractivity contribution in [3.63, 3.8) is 0 Å². The Kier molecular flexibility index (Phi) is 9.29. The summed E-state index contributed by atoms with van der Waals surface area (Å²) < 4.78 is 5.64. The molecule has 2 amide bonds. The molecule has 3 rings (SSSR count). The normalized spacial score (nSPS) is 13.1. The molecule has 1 aliphatic rings. The molecule has 1 unspecified atom stereocenters. The van der Waals surface area contributed by atoms with E-state index in [0.717, 1.165) is 11.1 Å². The van der Waals surface area contributed by atoms with E-state index in [2.05, 4.69) is 29.6 Å². The Morgan fingerprint density at radius 3 is 2.14 bits per heavy atom. The fraction of sp³-hybridized carbons (Fsp3) is 0.464. The Morgan fingerprint density at radius 1 is 1.00 bits per heavy atom. The number of fused-ring (bicyclic) bond motifs is 3. The fourth-order valence-corrected chi connectivity index (χ4v) is 4.70. The Balaban J connectivity index is 1.51. The molecule has 0 bridgehead atoms. The van der Waals surface area contributed by atoms with Crippen molar-refractivity contribution in [1.29, 1.82) is 0 Å². The minimum atomic E-state index is -0.862. The molecular weight excluding hydrogens is 444 g/mol. The maximum absolute atomic E-state index is 12.7. The number of nitrogens with one attached hydrogen (secondary N) is 1. The van der Waals surface area contributed by atoms with Crippen LogP contribution in [0.5, 0.6) is 0 Å². The quantitative estimate of drug-likeness (QED) is 0.436. The number of ether oxygens (including phenoxy) is 1. The van der Waals surface area contributed by atoms with Crippen LogP contribution >= 0.6 is 0 Å². The maximum atomic E-state index is 12.7. The van der Waals surface area contributed by atoms with Crippen LogP contribution in [-0.2, 0) is 14.3 Å². The molecule has 0 fully saturated rings. The highest BCUT2D eigenvalue weighted by molar-refractivity contribution is 5.79. The third kappa shape index (κ3) is 6.84. The molecule has 0 aliphatic heterocycles. The summed E-state index contributed by atoms with van der Waals surface area (Å²) in [5, 5.41) is 11.8. The first kappa shape index (κ1) is 26.3. The second-order valence-electron chi connectivity index (χ2n) is 9.29. The number of carboxylic acids is 1. The summed E-state index contributed by atoms with van der Waals surface area (Å²) in [6.45, 7) is 6.47. The Morgan fingerprint density at radius 2 is 1.60 bits per heavy atom. The van der Waals surface area contributed by atoms with Crippen molar-refractivity contribution in [3.8, 4) is 11.1 Å². The van der Waals surface area contributed by atoms with Crippen LogP contribution in [0.1, 0.15) is 69.9 Å². The maximum Gasteiger partial charge on any atom is 0.407 e. The van der Waals surface area contributed by atoms with Crippen LogP contribution in [0.15, 0.2) is 48.5 Å². The van der Waals surface area contributed by atoms with Crippen LogP contribution in [0.2, 0.25) is 0 Å². The standard InChI is InChI=1S/C28H36N2O5/c1-4-20(15-16-26(31)30(19(2)3)17-9-14-27(32)33)29-28(34)35-18-25-23-12-7-5-10-21(23)22-11-6-8-13-24(22)25/h5-8,10-13,19-20,25H,4,9,14-18H2,1-3H3,(H,29,34)(H,32,33). The smallest absolute Gasteiger partial charge is 0.407 e. The van der Waals surface area contributed by atoms with Crippen molar-refractivity contribution in [3.05, 3.63) is 59.7 Å². The lowest BCUT2D eigenvalue weighted by molar-refractivity contribution is -0.138. The molecule has 2 N–H and O–H groups in total. The summed E-state index contributed by atoms with van der Waals surface area (Å²) in [6.07, 6.45) is 1.45. The van der Waals surface area contributed by atoms with Gasteiger partial charge in [0.1, 0.15) is 6.61 Å². The average Bonchev–Trinajstić information content (AvgIpc) is 3.16. The fourth-order valence-electron chi connectivity index (χ4n) is 4.70. The molecule has 7 nitrogen and oxygen atoms in total. The van der Waals surface area contributed by atoms with E-state index in [-0.39, 0.29) is 43.4 Å². The topological polar surface area (TPSA) is 95.9 Å². The monoisotopic (exact) mass is 480 g/mol. The minimum Gasteiger partial charge on any atom is -0.481 e. The number of carboxylic acid groups (broad SMARTS) is 1. The lowest BCUT2D eigenvalue weighted by Gasteiger charge is -2.27. The third-order valence-corrected chi connectivity index (χ3v) is 6.60. The van der Waals surface area contributed by atoms with E-state index in [4.69, 9.17) is 9.84 Å². The van der Waals surface area contributed by atoms with Gasteiger partial charge in [0, 0.05) is 37.4 Å². The molecule has 2 aromatic carbocycles. The number of hydrogen-bond acceptors (Lipinski definition) is 4. The first-order valence-electron chi connectivity index (χ1n) is 12.4. The zero-order valence-electron chi connectivity index (χ0n) is 20.8. The van der Waals surface area contributed by atoms with E-state index in [0.29, 0.717) is 25.8 Å². The van der Waals surface area contributed by atoms with Gasteiger partial charge in [-0.05, 0) is 55.4 Å². The summed E-state index contributed by atoms with van der Waals surface area (Å²) >= 11 is 0. The van der Waals surface area contributed by atoms with Crippen LogP contribution < -0.4 is 5.32 Å². The van der Waals surface area contributed by atoms with Crippen LogP contribution in [0.4, 0.5) is 4.79 Å². The Labute approximate surface area is 207 Å². The summed E-state index contributed by atoms with van der Waals surface area (Å²) in [4.78, 5) is 37.8. The van der Waals surface area contributed by atoms with Crippen LogP contribution in [0.3, 0.4) is 0 Å².